The molecule has 0 bridgehead atoms. The Morgan fingerprint density at radius 1 is 1.08 bits per heavy atom. The Morgan fingerprint density at radius 3 is 2.46 bits per heavy atom. The maximum absolute atomic E-state index is 4.77. The van der Waals surface area contributed by atoms with Gasteiger partial charge in [0.15, 0.2) is 0 Å². The summed E-state index contributed by atoms with van der Waals surface area (Å²) in [6, 6.07) is 13.0. The van der Waals surface area contributed by atoms with Crippen molar-refractivity contribution in [1.29, 1.82) is 0 Å². The molecule has 0 spiro atoms. The van der Waals surface area contributed by atoms with Crippen LogP contribution in [0.25, 0.3) is 0 Å². The Hall–Kier alpha value is -1.61. The molecular formula is C20H28ClN3. The van der Waals surface area contributed by atoms with Crippen molar-refractivity contribution in [3.63, 3.8) is 0 Å². The SMILES string of the molecule is CCCc1nc(C)cc(N2CCC(Cc3ccccc3)CC2)n1.Cl. The molecule has 0 radical (unpaired) electrons. The van der Waals surface area contributed by atoms with Gasteiger partial charge in [-0.15, -0.1) is 12.4 Å². The Kier molecular flexibility index (Phi) is 7.04. The predicted molar refractivity (Wildman–Crippen MR) is 103 cm³/mol. The summed E-state index contributed by atoms with van der Waals surface area (Å²) in [4.78, 5) is 11.8. The molecule has 1 aliphatic rings. The highest BCUT2D eigenvalue weighted by atomic mass is 35.5. The van der Waals surface area contributed by atoms with Crippen molar-refractivity contribution < 1.29 is 0 Å². The summed E-state index contributed by atoms with van der Waals surface area (Å²) in [6.45, 7) is 6.48. The first-order valence-corrected chi connectivity index (χ1v) is 8.88. The van der Waals surface area contributed by atoms with Crippen molar-refractivity contribution in [3.8, 4) is 0 Å². The molecule has 0 amide bonds. The zero-order chi connectivity index (χ0) is 16.1. The van der Waals surface area contributed by atoms with E-state index in [0.29, 0.717) is 0 Å². The molecule has 1 aromatic heterocycles. The Morgan fingerprint density at radius 2 is 1.79 bits per heavy atom. The standard InChI is InChI=1S/C20H27N3.ClH/c1-3-7-19-21-16(2)14-20(22-19)23-12-10-18(11-13-23)15-17-8-5-4-6-9-17;/h4-6,8-9,14,18H,3,7,10-13,15H2,1-2H3;1H. The van der Waals surface area contributed by atoms with Crippen molar-refractivity contribution in [3.05, 3.63) is 53.5 Å². The number of halogens is 1. The summed E-state index contributed by atoms with van der Waals surface area (Å²) in [5.41, 5.74) is 2.55. The van der Waals surface area contributed by atoms with Gasteiger partial charge < -0.3 is 4.90 Å². The van der Waals surface area contributed by atoms with E-state index >= 15 is 0 Å². The summed E-state index contributed by atoms with van der Waals surface area (Å²) < 4.78 is 0. The number of benzene rings is 1. The molecule has 1 saturated heterocycles. The number of hydrogen-bond donors (Lipinski definition) is 0. The lowest BCUT2D eigenvalue weighted by atomic mass is 9.90. The average molecular weight is 346 g/mol. The summed E-state index contributed by atoms with van der Waals surface area (Å²) >= 11 is 0. The van der Waals surface area contributed by atoms with Gasteiger partial charge in [-0.2, -0.15) is 0 Å². The van der Waals surface area contributed by atoms with E-state index in [1.165, 1.54) is 24.8 Å². The lowest BCUT2D eigenvalue weighted by Gasteiger charge is -2.33. The number of aryl methyl sites for hydroxylation is 2. The van der Waals surface area contributed by atoms with Crippen LogP contribution in [-0.4, -0.2) is 23.1 Å². The molecule has 1 aliphatic heterocycles. The third kappa shape index (κ3) is 4.94. The summed E-state index contributed by atoms with van der Waals surface area (Å²) in [5, 5.41) is 0. The molecular weight excluding hydrogens is 318 g/mol. The summed E-state index contributed by atoms with van der Waals surface area (Å²) in [5.74, 6) is 2.92. The normalized spacial score (nSPS) is 15.2. The van der Waals surface area contributed by atoms with Gasteiger partial charge in [0.2, 0.25) is 0 Å². The maximum Gasteiger partial charge on any atom is 0.132 e. The molecule has 0 atom stereocenters. The van der Waals surface area contributed by atoms with Gasteiger partial charge in [-0.05, 0) is 44.1 Å². The van der Waals surface area contributed by atoms with Crippen LogP contribution in [0.15, 0.2) is 36.4 Å². The predicted octanol–water partition coefficient (Wildman–Crippen LogP) is 4.62. The highest BCUT2D eigenvalue weighted by Gasteiger charge is 2.21. The highest BCUT2D eigenvalue weighted by molar-refractivity contribution is 5.85. The highest BCUT2D eigenvalue weighted by Crippen LogP contribution is 2.25. The average Bonchev–Trinajstić information content (AvgIpc) is 2.56. The molecule has 0 unspecified atom stereocenters. The first-order valence-electron chi connectivity index (χ1n) is 8.88. The van der Waals surface area contributed by atoms with Gasteiger partial charge in [0.05, 0.1) is 0 Å². The largest absolute Gasteiger partial charge is 0.356 e. The van der Waals surface area contributed by atoms with Crippen molar-refractivity contribution in [2.24, 2.45) is 5.92 Å². The van der Waals surface area contributed by atoms with Crippen LogP contribution >= 0.6 is 12.4 Å². The second kappa shape index (κ2) is 9.03. The van der Waals surface area contributed by atoms with E-state index in [4.69, 9.17) is 4.98 Å². The Bertz CT molecular complexity index is 622. The van der Waals surface area contributed by atoms with Crippen molar-refractivity contribution in [1.82, 2.24) is 9.97 Å². The van der Waals surface area contributed by atoms with Gasteiger partial charge in [-0.1, -0.05) is 37.3 Å². The number of rotatable bonds is 5. The van der Waals surface area contributed by atoms with E-state index in [1.54, 1.807) is 0 Å². The van der Waals surface area contributed by atoms with Gasteiger partial charge in [-0.25, -0.2) is 9.97 Å². The molecule has 24 heavy (non-hydrogen) atoms. The number of hydrogen-bond acceptors (Lipinski definition) is 3. The fourth-order valence-corrected chi connectivity index (χ4v) is 3.42. The van der Waals surface area contributed by atoms with Crippen LogP contribution in [0, 0.1) is 12.8 Å². The molecule has 4 heteroatoms. The molecule has 1 aromatic carbocycles. The van der Waals surface area contributed by atoms with Crippen LogP contribution < -0.4 is 4.90 Å². The van der Waals surface area contributed by atoms with Crippen LogP contribution in [0.3, 0.4) is 0 Å². The van der Waals surface area contributed by atoms with Gasteiger partial charge >= 0.3 is 0 Å². The summed E-state index contributed by atoms with van der Waals surface area (Å²) in [6.07, 6.45) is 5.78. The first kappa shape index (κ1) is 18.7. The Labute approximate surface area is 151 Å². The topological polar surface area (TPSA) is 29.0 Å². The zero-order valence-electron chi connectivity index (χ0n) is 14.7. The molecule has 2 heterocycles. The van der Waals surface area contributed by atoms with Crippen LogP contribution in [0.1, 0.15) is 43.3 Å². The molecule has 0 saturated carbocycles. The first-order chi connectivity index (χ1) is 11.2. The van der Waals surface area contributed by atoms with Gasteiger partial charge in [0, 0.05) is 31.3 Å². The lowest BCUT2D eigenvalue weighted by molar-refractivity contribution is 0.402. The number of anilines is 1. The van der Waals surface area contributed by atoms with Gasteiger partial charge in [0.1, 0.15) is 11.6 Å². The van der Waals surface area contributed by atoms with E-state index in [-0.39, 0.29) is 12.4 Å². The lowest BCUT2D eigenvalue weighted by Crippen LogP contribution is -2.35. The van der Waals surface area contributed by atoms with Crippen LogP contribution in [0.5, 0.6) is 0 Å². The minimum Gasteiger partial charge on any atom is -0.356 e. The minimum absolute atomic E-state index is 0. The van der Waals surface area contributed by atoms with Crippen LogP contribution in [0.2, 0.25) is 0 Å². The molecule has 0 aliphatic carbocycles. The maximum atomic E-state index is 4.77. The number of piperidine rings is 1. The molecule has 1 fully saturated rings. The minimum atomic E-state index is 0. The van der Waals surface area contributed by atoms with Crippen molar-refractivity contribution in [2.75, 3.05) is 18.0 Å². The van der Waals surface area contributed by atoms with Crippen LogP contribution in [0.4, 0.5) is 5.82 Å². The number of aromatic nitrogens is 2. The van der Waals surface area contributed by atoms with E-state index in [2.05, 4.69) is 60.1 Å². The van der Waals surface area contributed by atoms with Crippen LogP contribution in [-0.2, 0) is 12.8 Å². The van der Waals surface area contributed by atoms with Gasteiger partial charge in [-0.3, -0.25) is 0 Å². The van der Waals surface area contributed by atoms with E-state index < -0.39 is 0 Å². The monoisotopic (exact) mass is 345 g/mol. The quantitative estimate of drug-likeness (QED) is 0.791. The Balaban J connectivity index is 0.00000208. The molecule has 3 rings (SSSR count). The molecule has 2 aromatic rings. The fourth-order valence-electron chi connectivity index (χ4n) is 3.42. The van der Waals surface area contributed by atoms with E-state index in [1.807, 2.05) is 0 Å². The van der Waals surface area contributed by atoms with E-state index in [0.717, 1.165) is 49.2 Å². The zero-order valence-corrected chi connectivity index (χ0v) is 15.6. The number of nitrogens with zero attached hydrogens (tertiary/aromatic N) is 3. The smallest absolute Gasteiger partial charge is 0.132 e. The molecule has 0 N–H and O–H groups in total. The third-order valence-electron chi connectivity index (χ3n) is 4.67. The fraction of sp³-hybridized carbons (Fsp3) is 0.500. The second-order valence-electron chi connectivity index (χ2n) is 6.65. The van der Waals surface area contributed by atoms with Crippen molar-refractivity contribution >= 4 is 18.2 Å². The van der Waals surface area contributed by atoms with E-state index in [9.17, 15) is 0 Å². The van der Waals surface area contributed by atoms with Gasteiger partial charge in [0.25, 0.3) is 0 Å². The molecule has 130 valence electrons. The third-order valence-corrected chi connectivity index (χ3v) is 4.67. The summed E-state index contributed by atoms with van der Waals surface area (Å²) in [7, 11) is 0. The van der Waals surface area contributed by atoms with Crippen molar-refractivity contribution in [2.45, 2.75) is 46.0 Å². The second-order valence-corrected chi connectivity index (χ2v) is 6.65. The molecule has 3 nitrogen and oxygen atoms in total.